The molecular formula is C21H20ClFN2O5S. The number of rotatable bonds is 7. The fourth-order valence-corrected chi connectivity index (χ4v) is 4.48. The van der Waals surface area contributed by atoms with Gasteiger partial charge in [0.15, 0.2) is 15.6 Å². The molecule has 0 radical (unpaired) electrons. The Balaban J connectivity index is 1.81. The Morgan fingerprint density at radius 3 is 2.58 bits per heavy atom. The van der Waals surface area contributed by atoms with Crippen LogP contribution < -0.4 is 10.1 Å². The van der Waals surface area contributed by atoms with E-state index in [4.69, 9.17) is 20.9 Å². The zero-order chi connectivity index (χ0) is 22.8. The molecule has 2 aromatic carbocycles. The molecule has 10 heteroatoms. The lowest BCUT2D eigenvalue weighted by atomic mass is 10.1. The summed E-state index contributed by atoms with van der Waals surface area (Å²) in [6.07, 6.45) is -0.377. The van der Waals surface area contributed by atoms with E-state index >= 15 is 0 Å². The first kappa shape index (κ1) is 22.8. The Bertz CT molecular complexity index is 1240. The fourth-order valence-electron chi connectivity index (χ4n) is 2.89. The van der Waals surface area contributed by atoms with E-state index in [-0.39, 0.29) is 27.8 Å². The fraction of sp³-hybridized carbons (Fsp3) is 0.238. The predicted molar refractivity (Wildman–Crippen MR) is 115 cm³/mol. The maximum Gasteiger partial charge on any atom is 0.225 e. The van der Waals surface area contributed by atoms with Crippen LogP contribution in [0.5, 0.6) is 5.75 Å². The summed E-state index contributed by atoms with van der Waals surface area (Å²) in [6, 6.07) is 8.39. The highest BCUT2D eigenvalue weighted by molar-refractivity contribution is 7.91. The SMILES string of the molecule is COc1ccc(-c2onc(C)c2C)cc1S(=O)(=O)CCC(=O)Nc1ccc(Cl)cc1F. The van der Waals surface area contributed by atoms with Crippen molar-refractivity contribution in [1.82, 2.24) is 5.16 Å². The van der Waals surface area contributed by atoms with E-state index in [9.17, 15) is 17.6 Å². The first-order valence-corrected chi connectivity index (χ1v) is 11.2. The Morgan fingerprint density at radius 1 is 1.23 bits per heavy atom. The van der Waals surface area contributed by atoms with Crippen molar-refractivity contribution in [3.63, 3.8) is 0 Å². The minimum atomic E-state index is -3.91. The van der Waals surface area contributed by atoms with Crippen LogP contribution in [0.4, 0.5) is 10.1 Å². The number of carbonyl (C=O) groups excluding carboxylic acids is 1. The van der Waals surface area contributed by atoms with Gasteiger partial charge in [0.2, 0.25) is 5.91 Å². The lowest BCUT2D eigenvalue weighted by Crippen LogP contribution is -2.18. The molecule has 1 heterocycles. The van der Waals surface area contributed by atoms with Crippen LogP contribution in [0, 0.1) is 19.7 Å². The van der Waals surface area contributed by atoms with E-state index in [1.807, 2.05) is 6.92 Å². The number of sulfone groups is 1. The third-order valence-electron chi connectivity index (χ3n) is 4.72. The Hall–Kier alpha value is -2.91. The van der Waals surface area contributed by atoms with Gasteiger partial charge in [0, 0.05) is 22.6 Å². The summed E-state index contributed by atoms with van der Waals surface area (Å²) < 4.78 is 50.3. The molecule has 0 fully saturated rings. The highest BCUT2D eigenvalue weighted by atomic mass is 35.5. The maximum atomic E-state index is 13.8. The molecule has 0 aliphatic rings. The van der Waals surface area contributed by atoms with Gasteiger partial charge in [-0.3, -0.25) is 4.79 Å². The Kier molecular flexibility index (Phi) is 6.66. The van der Waals surface area contributed by atoms with Crippen molar-refractivity contribution in [1.29, 1.82) is 0 Å². The number of anilines is 1. The summed E-state index contributed by atoms with van der Waals surface area (Å²) in [4.78, 5) is 12.1. The van der Waals surface area contributed by atoms with Gasteiger partial charge in [-0.25, -0.2) is 12.8 Å². The van der Waals surface area contributed by atoms with E-state index in [1.54, 1.807) is 13.0 Å². The number of aryl methyl sites for hydroxylation is 1. The molecule has 3 aromatic rings. The smallest absolute Gasteiger partial charge is 0.225 e. The summed E-state index contributed by atoms with van der Waals surface area (Å²) in [7, 11) is -2.55. The number of benzene rings is 2. The zero-order valence-electron chi connectivity index (χ0n) is 17.0. The summed E-state index contributed by atoms with van der Waals surface area (Å²) in [5.41, 5.74) is 1.92. The molecule has 0 spiro atoms. The molecule has 1 N–H and O–H groups in total. The molecule has 3 rings (SSSR count). The lowest BCUT2D eigenvalue weighted by Gasteiger charge is -2.11. The van der Waals surface area contributed by atoms with Crippen molar-refractivity contribution < 1.29 is 26.9 Å². The molecule has 0 saturated carbocycles. The van der Waals surface area contributed by atoms with Gasteiger partial charge in [0.25, 0.3) is 0 Å². The van der Waals surface area contributed by atoms with Crippen molar-refractivity contribution in [3.05, 3.63) is 58.5 Å². The van der Waals surface area contributed by atoms with Gasteiger partial charge >= 0.3 is 0 Å². The zero-order valence-corrected chi connectivity index (χ0v) is 18.6. The van der Waals surface area contributed by atoms with Gasteiger partial charge in [-0.05, 0) is 50.2 Å². The van der Waals surface area contributed by atoms with Crippen LogP contribution in [0.3, 0.4) is 0 Å². The van der Waals surface area contributed by atoms with Crippen molar-refractivity contribution >= 4 is 33.0 Å². The van der Waals surface area contributed by atoms with Gasteiger partial charge in [0.05, 0.1) is 24.2 Å². The van der Waals surface area contributed by atoms with Crippen LogP contribution in [0.25, 0.3) is 11.3 Å². The second-order valence-electron chi connectivity index (χ2n) is 6.83. The molecule has 164 valence electrons. The first-order chi connectivity index (χ1) is 14.6. The summed E-state index contributed by atoms with van der Waals surface area (Å²) in [6.45, 7) is 3.60. The molecule has 7 nitrogen and oxygen atoms in total. The summed E-state index contributed by atoms with van der Waals surface area (Å²) in [5, 5.41) is 6.42. The van der Waals surface area contributed by atoms with Crippen molar-refractivity contribution in [3.8, 4) is 17.1 Å². The molecule has 0 aliphatic carbocycles. The average Bonchev–Trinajstić information content (AvgIpc) is 3.06. The number of ether oxygens (including phenoxy) is 1. The number of hydrogen-bond acceptors (Lipinski definition) is 6. The standard InChI is InChI=1S/C21H20ClFN2O5S/c1-12-13(2)25-30-21(12)14-4-7-18(29-3)19(10-14)31(27,28)9-8-20(26)24-17-6-5-15(22)11-16(17)23/h4-7,10-11H,8-9H2,1-3H3,(H,24,26). The second-order valence-corrected chi connectivity index (χ2v) is 9.34. The van der Waals surface area contributed by atoms with Crippen LogP contribution in [0.2, 0.25) is 5.02 Å². The molecule has 0 atom stereocenters. The molecule has 0 aliphatic heterocycles. The molecular weight excluding hydrogens is 447 g/mol. The second kappa shape index (κ2) is 9.07. The van der Waals surface area contributed by atoms with Crippen LogP contribution in [-0.4, -0.2) is 32.3 Å². The third kappa shape index (κ3) is 5.05. The van der Waals surface area contributed by atoms with Crippen molar-refractivity contribution in [2.45, 2.75) is 25.2 Å². The van der Waals surface area contributed by atoms with Crippen molar-refractivity contribution in [2.24, 2.45) is 0 Å². The number of halogens is 2. The van der Waals surface area contributed by atoms with Gasteiger partial charge in [-0.15, -0.1) is 0 Å². The molecule has 31 heavy (non-hydrogen) atoms. The maximum absolute atomic E-state index is 13.8. The van der Waals surface area contributed by atoms with Gasteiger partial charge in [-0.2, -0.15) is 0 Å². The molecule has 0 unspecified atom stereocenters. The van der Waals surface area contributed by atoms with Gasteiger partial charge in [-0.1, -0.05) is 16.8 Å². The first-order valence-electron chi connectivity index (χ1n) is 9.21. The van der Waals surface area contributed by atoms with Gasteiger partial charge in [0.1, 0.15) is 16.5 Å². The van der Waals surface area contributed by atoms with E-state index in [2.05, 4.69) is 10.5 Å². The monoisotopic (exact) mass is 466 g/mol. The Labute approximate surface area is 184 Å². The third-order valence-corrected chi connectivity index (χ3v) is 6.69. The summed E-state index contributed by atoms with van der Waals surface area (Å²) in [5.74, 6) is -1.27. The van der Waals surface area contributed by atoms with E-state index < -0.39 is 27.3 Å². The number of methoxy groups -OCH3 is 1. The normalized spacial score (nSPS) is 11.4. The molecule has 0 bridgehead atoms. The van der Waals surface area contributed by atoms with E-state index in [0.717, 1.165) is 11.6 Å². The van der Waals surface area contributed by atoms with Crippen LogP contribution in [0.1, 0.15) is 17.7 Å². The number of carbonyl (C=O) groups is 1. The number of hydrogen-bond donors (Lipinski definition) is 1. The molecule has 1 amide bonds. The predicted octanol–water partition coefficient (Wildman–Crippen LogP) is 4.56. The number of nitrogens with zero attached hydrogens (tertiary/aromatic N) is 1. The number of aromatic nitrogens is 1. The Morgan fingerprint density at radius 2 is 1.97 bits per heavy atom. The minimum Gasteiger partial charge on any atom is -0.495 e. The molecule has 1 aromatic heterocycles. The number of nitrogens with one attached hydrogen (secondary N) is 1. The topological polar surface area (TPSA) is 98.5 Å². The van der Waals surface area contributed by atoms with Crippen LogP contribution >= 0.6 is 11.6 Å². The lowest BCUT2D eigenvalue weighted by molar-refractivity contribution is -0.115. The van der Waals surface area contributed by atoms with Crippen LogP contribution in [-0.2, 0) is 14.6 Å². The van der Waals surface area contributed by atoms with Gasteiger partial charge < -0.3 is 14.6 Å². The highest BCUT2D eigenvalue weighted by Crippen LogP contribution is 2.33. The van der Waals surface area contributed by atoms with E-state index in [0.29, 0.717) is 17.0 Å². The number of amides is 1. The average molecular weight is 467 g/mol. The minimum absolute atomic E-state index is 0.0774. The molecule has 0 saturated heterocycles. The largest absolute Gasteiger partial charge is 0.495 e. The quantitative estimate of drug-likeness (QED) is 0.548. The van der Waals surface area contributed by atoms with E-state index in [1.165, 1.54) is 31.4 Å². The summed E-state index contributed by atoms with van der Waals surface area (Å²) >= 11 is 5.68. The van der Waals surface area contributed by atoms with Crippen molar-refractivity contribution in [2.75, 3.05) is 18.2 Å². The highest BCUT2D eigenvalue weighted by Gasteiger charge is 2.23. The van der Waals surface area contributed by atoms with Crippen LogP contribution in [0.15, 0.2) is 45.8 Å².